The van der Waals surface area contributed by atoms with Crippen molar-refractivity contribution in [2.45, 2.75) is 18.4 Å². The van der Waals surface area contributed by atoms with Gasteiger partial charge in [-0.1, -0.05) is 6.92 Å². The van der Waals surface area contributed by atoms with Gasteiger partial charge in [0.2, 0.25) is 0 Å². The van der Waals surface area contributed by atoms with Crippen LogP contribution in [0.4, 0.5) is 0 Å². The molecule has 0 radical (unpaired) electrons. The van der Waals surface area contributed by atoms with E-state index in [1.165, 1.54) is 7.11 Å². The number of hydrogen-bond acceptors (Lipinski definition) is 6. The molecular weight excluding hydrogens is 276 g/mol. The first-order valence-electron chi connectivity index (χ1n) is 5.53. The van der Waals surface area contributed by atoms with E-state index in [9.17, 15) is 18.0 Å². The molecule has 0 aliphatic rings. The normalized spacial score (nSPS) is 11.5. The van der Waals surface area contributed by atoms with Gasteiger partial charge in [0.25, 0.3) is 5.56 Å². The molecular formula is C10H16N2O6S. The predicted octanol–water partition coefficient (Wildman–Crippen LogP) is -1.42. The lowest BCUT2D eigenvalue weighted by Gasteiger charge is -2.14. The number of rotatable bonds is 6. The summed E-state index contributed by atoms with van der Waals surface area (Å²) in [5.41, 5.74) is -1.67. The highest BCUT2D eigenvalue weighted by atomic mass is 32.2. The van der Waals surface area contributed by atoms with Crippen molar-refractivity contribution in [3.8, 4) is 0 Å². The molecule has 0 spiro atoms. The molecule has 0 aliphatic carbocycles. The Hall–Kier alpha value is -1.61. The Morgan fingerprint density at radius 2 is 1.89 bits per heavy atom. The molecule has 0 fully saturated rings. The summed E-state index contributed by atoms with van der Waals surface area (Å²) in [5, 5.41) is -0.417. The summed E-state index contributed by atoms with van der Waals surface area (Å²) in [7, 11) is -2.34. The van der Waals surface area contributed by atoms with Crippen LogP contribution in [-0.2, 0) is 21.0 Å². The number of ether oxygens (including phenoxy) is 1. The first-order valence-corrected chi connectivity index (χ1v) is 7.42. The van der Waals surface area contributed by atoms with Gasteiger partial charge in [-0.25, -0.2) is 13.2 Å². The maximum absolute atomic E-state index is 11.7. The standard InChI is InChI=1S/C10H16N2O6S/c1-4-7-8(13)11-10(14)12(18-6-5-17-2)9(7)19(3,15)16/h4-6H2,1-3H3,(H,11,13,14). The summed E-state index contributed by atoms with van der Waals surface area (Å²) in [5.74, 6) is 0. The molecule has 0 amide bonds. The molecule has 1 N–H and O–H groups in total. The number of aromatic amines is 1. The molecule has 0 aliphatic heterocycles. The van der Waals surface area contributed by atoms with Gasteiger partial charge < -0.3 is 9.57 Å². The molecule has 0 saturated carbocycles. The van der Waals surface area contributed by atoms with Crippen molar-refractivity contribution >= 4 is 9.84 Å². The lowest BCUT2D eigenvalue weighted by molar-refractivity contribution is 0.0365. The van der Waals surface area contributed by atoms with E-state index in [0.29, 0.717) is 4.73 Å². The Bertz CT molecular complexity index is 658. The van der Waals surface area contributed by atoms with Gasteiger partial charge in [0, 0.05) is 13.4 Å². The maximum Gasteiger partial charge on any atom is 0.362 e. The van der Waals surface area contributed by atoms with E-state index in [2.05, 4.69) is 0 Å². The smallest absolute Gasteiger partial charge is 0.362 e. The fraction of sp³-hybridized carbons (Fsp3) is 0.600. The average molecular weight is 292 g/mol. The third kappa shape index (κ3) is 3.44. The van der Waals surface area contributed by atoms with Crippen LogP contribution in [0.3, 0.4) is 0 Å². The van der Waals surface area contributed by atoms with Crippen LogP contribution in [0.5, 0.6) is 0 Å². The molecule has 0 saturated heterocycles. The van der Waals surface area contributed by atoms with Crippen LogP contribution in [0.1, 0.15) is 12.5 Å². The molecule has 108 valence electrons. The summed E-state index contributed by atoms with van der Waals surface area (Å²) in [6.07, 6.45) is 1.07. The first kappa shape index (κ1) is 15.4. The van der Waals surface area contributed by atoms with Gasteiger partial charge >= 0.3 is 5.69 Å². The molecule has 0 bridgehead atoms. The zero-order valence-electron chi connectivity index (χ0n) is 10.9. The van der Waals surface area contributed by atoms with Gasteiger partial charge in [-0.3, -0.25) is 9.78 Å². The summed E-state index contributed by atoms with van der Waals surface area (Å²) in [6, 6.07) is 0. The monoisotopic (exact) mass is 292 g/mol. The van der Waals surface area contributed by atoms with Crippen LogP contribution in [0.25, 0.3) is 0 Å². The van der Waals surface area contributed by atoms with E-state index in [1.54, 1.807) is 6.92 Å². The second-order valence-electron chi connectivity index (χ2n) is 3.79. The third-order valence-electron chi connectivity index (χ3n) is 2.33. The topological polar surface area (TPSA) is 107 Å². The fourth-order valence-corrected chi connectivity index (χ4v) is 2.67. The summed E-state index contributed by atoms with van der Waals surface area (Å²) in [6.45, 7) is 1.77. The van der Waals surface area contributed by atoms with Crippen LogP contribution < -0.4 is 16.1 Å². The number of hydrogen-bond donors (Lipinski definition) is 1. The number of nitrogens with one attached hydrogen (secondary N) is 1. The molecule has 0 unspecified atom stereocenters. The van der Waals surface area contributed by atoms with Crippen molar-refractivity contribution in [3.05, 3.63) is 26.4 Å². The van der Waals surface area contributed by atoms with E-state index in [4.69, 9.17) is 9.57 Å². The second-order valence-corrected chi connectivity index (χ2v) is 5.72. The SMILES string of the molecule is CCc1c(S(C)(=O)=O)n(OCCOC)c(=O)[nH]c1=O. The van der Waals surface area contributed by atoms with E-state index >= 15 is 0 Å². The Labute approximate surface area is 109 Å². The summed E-state index contributed by atoms with van der Waals surface area (Å²) in [4.78, 5) is 30.3. The minimum atomic E-state index is -3.78. The zero-order valence-corrected chi connectivity index (χ0v) is 11.7. The van der Waals surface area contributed by atoms with Crippen molar-refractivity contribution in [1.29, 1.82) is 0 Å². The summed E-state index contributed by atoms with van der Waals surface area (Å²) < 4.78 is 28.8. The van der Waals surface area contributed by atoms with Crippen LogP contribution in [-0.4, -0.2) is 44.7 Å². The van der Waals surface area contributed by atoms with Gasteiger partial charge in [-0.05, 0) is 6.42 Å². The lowest BCUT2D eigenvalue weighted by Crippen LogP contribution is -2.40. The highest BCUT2D eigenvalue weighted by Gasteiger charge is 2.23. The van der Waals surface area contributed by atoms with Crippen LogP contribution >= 0.6 is 0 Å². The van der Waals surface area contributed by atoms with Crippen molar-refractivity contribution in [2.24, 2.45) is 0 Å². The molecule has 19 heavy (non-hydrogen) atoms. The Morgan fingerprint density at radius 3 is 2.37 bits per heavy atom. The Kier molecular flexibility index (Phi) is 4.90. The number of nitrogens with zero attached hydrogens (tertiary/aromatic N) is 1. The minimum absolute atomic E-state index is 0.0143. The molecule has 0 aromatic carbocycles. The van der Waals surface area contributed by atoms with Gasteiger partial charge in [-0.15, -0.1) is 4.73 Å². The Morgan fingerprint density at radius 1 is 1.26 bits per heavy atom. The average Bonchev–Trinajstić information content (AvgIpc) is 2.30. The molecule has 1 heterocycles. The molecule has 1 aromatic heterocycles. The van der Waals surface area contributed by atoms with Gasteiger partial charge in [0.05, 0.1) is 12.2 Å². The van der Waals surface area contributed by atoms with Crippen LogP contribution in [0, 0.1) is 0 Å². The molecule has 1 rings (SSSR count). The van der Waals surface area contributed by atoms with Crippen LogP contribution in [0.2, 0.25) is 0 Å². The maximum atomic E-state index is 11.7. The number of aromatic nitrogens is 2. The fourth-order valence-electron chi connectivity index (χ4n) is 1.55. The second kappa shape index (κ2) is 6.02. The number of methoxy groups -OCH3 is 1. The van der Waals surface area contributed by atoms with Gasteiger partial charge in [-0.2, -0.15) is 0 Å². The molecule has 1 aromatic rings. The van der Waals surface area contributed by atoms with E-state index in [0.717, 1.165) is 6.26 Å². The zero-order chi connectivity index (χ0) is 14.6. The largest absolute Gasteiger partial charge is 0.406 e. The third-order valence-corrected chi connectivity index (χ3v) is 3.45. The minimum Gasteiger partial charge on any atom is -0.406 e. The molecule has 8 nitrogen and oxygen atoms in total. The lowest BCUT2D eigenvalue weighted by atomic mass is 10.3. The van der Waals surface area contributed by atoms with Crippen molar-refractivity contribution in [3.63, 3.8) is 0 Å². The van der Waals surface area contributed by atoms with E-state index < -0.39 is 26.1 Å². The predicted molar refractivity (Wildman–Crippen MR) is 67.1 cm³/mol. The first-order chi connectivity index (χ1) is 8.82. The highest BCUT2D eigenvalue weighted by Crippen LogP contribution is 2.09. The van der Waals surface area contributed by atoms with Crippen LogP contribution in [0.15, 0.2) is 14.6 Å². The van der Waals surface area contributed by atoms with E-state index in [1.807, 2.05) is 4.98 Å². The molecule has 9 heteroatoms. The Balaban J connectivity index is 3.52. The van der Waals surface area contributed by atoms with Gasteiger partial charge in [0.15, 0.2) is 14.9 Å². The number of H-pyrrole nitrogens is 1. The number of sulfone groups is 1. The van der Waals surface area contributed by atoms with Gasteiger partial charge in [0.1, 0.15) is 6.61 Å². The summed E-state index contributed by atoms with van der Waals surface area (Å²) >= 11 is 0. The molecule has 0 atom stereocenters. The van der Waals surface area contributed by atoms with E-state index in [-0.39, 0.29) is 25.2 Å². The quantitative estimate of drug-likeness (QED) is 0.509. The van der Waals surface area contributed by atoms with Crippen molar-refractivity contribution in [1.82, 2.24) is 9.71 Å². The highest BCUT2D eigenvalue weighted by molar-refractivity contribution is 7.90. The van der Waals surface area contributed by atoms with Crippen molar-refractivity contribution in [2.75, 3.05) is 26.6 Å². The van der Waals surface area contributed by atoms with Crippen molar-refractivity contribution < 1.29 is 18.0 Å².